The number of allylic oxidation sites excluding steroid dienone is 20. The summed E-state index contributed by atoms with van der Waals surface area (Å²) >= 11 is 0. The van der Waals surface area contributed by atoms with E-state index in [2.05, 4.69) is 149 Å². The third-order valence-electron chi connectivity index (χ3n) is 15.9. The van der Waals surface area contributed by atoms with Gasteiger partial charge in [0.25, 0.3) is 0 Å². The Hall–Kier alpha value is -4.54. The van der Waals surface area contributed by atoms with E-state index in [1.165, 1.54) is 38.5 Å². The van der Waals surface area contributed by atoms with Crippen molar-refractivity contribution in [3.05, 3.63) is 122 Å². The van der Waals surface area contributed by atoms with Crippen molar-refractivity contribution >= 4 is 39.5 Å². The van der Waals surface area contributed by atoms with Gasteiger partial charge >= 0.3 is 39.5 Å². The molecule has 0 fully saturated rings. The van der Waals surface area contributed by atoms with Crippen LogP contribution in [0.3, 0.4) is 0 Å². The molecule has 5 atom stereocenters. The summed E-state index contributed by atoms with van der Waals surface area (Å²) < 4.78 is 68.5. The molecule has 0 aromatic heterocycles. The number of aliphatic hydroxyl groups excluding tert-OH is 1. The second-order valence-electron chi connectivity index (χ2n) is 25.5. The van der Waals surface area contributed by atoms with Crippen LogP contribution in [0.15, 0.2) is 122 Å². The van der Waals surface area contributed by atoms with E-state index in [-0.39, 0.29) is 25.7 Å². The summed E-state index contributed by atoms with van der Waals surface area (Å²) in [4.78, 5) is 72.9. The Labute approximate surface area is 606 Å². The molecule has 0 aromatic carbocycles. The SMILES string of the molecule is CC/C=C\C/C=C\C/C=C\C/C=C\CCCCCCCCC(=O)OCC(COP(=O)(O)OCC(O)COP(=O)(O)OCC(COC(=O)CCCCCCC/C=C\C/C=C\CCC)OC(=O)CCCCCCCCCCCCC)OC(=O)CCCCCC/C=C\C/C=C\C/C=C\C/C=C\CC. The van der Waals surface area contributed by atoms with Gasteiger partial charge in [-0.1, -0.05) is 278 Å². The molecule has 3 N–H and O–H groups in total. The largest absolute Gasteiger partial charge is 0.472 e. The Morgan fingerprint density at radius 2 is 0.540 bits per heavy atom. The van der Waals surface area contributed by atoms with Crippen molar-refractivity contribution in [2.75, 3.05) is 39.6 Å². The Balaban J connectivity index is 5.37. The molecule has 17 nitrogen and oxygen atoms in total. The first kappa shape index (κ1) is 95.5. The molecule has 0 radical (unpaired) electrons. The molecule has 100 heavy (non-hydrogen) atoms. The Kier molecular flexibility index (Phi) is 69.5. The minimum absolute atomic E-state index is 0.0612. The summed E-state index contributed by atoms with van der Waals surface area (Å²) in [7, 11) is -9.96. The Bertz CT molecular complexity index is 2370. The number of unbranched alkanes of at least 4 members (excludes halogenated alkanes) is 26. The fourth-order valence-electron chi connectivity index (χ4n) is 10.1. The monoisotopic (exact) mass is 1440 g/mol. The topological polar surface area (TPSA) is 237 Å². The minimum atomic E-state index is -4.99. The first-order valence-corrected chi connectivity index (χ1v) is 41.8. The summed E-state index contributed by atoms with van der Waals surface area (Å²) in [6, 6.07) is 0. The van der Waals surface area contributed by atoms with Crippen LogP contribution in [-0.2, 0) is 65.4 Å². The van der Waals surface area contributed by atoms with E-state index < -0.39 is 97.5 Å². The summed E-state index contributed by atoms with van der Waals surface area (Å²) in [6.45, 7) is 4.53. The van der Waals surface area contributed by atoms with E-state index >= 15 is 0 Å². The number of hydrogen-bond acceptors (Lipinski definition) is 15. The van der Waals surface area contributed by atoms with Crippen LogP contribution < -0.4 is 0 Å². The Morgan fingerprint density at radius 1 is 0.290 bits per heavy atom. The van der Waals surface area contributed by atoms with Crippen LogP contribution in [0, 0.1) is 0 Å². The molecule has 0 bridgehead atoms. The van der Waals surface area contributed by atoms with E-state index in [4.69, 9.17) is 37.0 Å². The highest BCUT2D eigenvalue weighted by Gasteiger charge is 2.30. The first-order valence-electron chi connectivity index (χ1n) is 38.8. The van der Waals surface area contributed by atoms with Gasteiger partial charge < -0.3 is 33.8 Å². The number of ether oxygens (including phenoxy) is 4. The maximum Gasteiger partial charge on any atom is 0.472 e. The zero-order valence-corrected chi connectivity index (χ0v) is 64.4. The maximum atomic E-state index is 13.1. The van der Waals surface area contributed by atoms with Crippen LogP contribution in [0.1, 0.15) is 310 Å². The third-order valence-corrected chi connectivity index (χ3v) is 17.8. The van der Waals surface area contributed by atoms with Crippen molar-refractivity contribution in [3.63, 3.8) is 0 Å². The molecule has 574 valence electrons. The van der Waals surface area contributed by atoms with Gasteiger partial charge in [0, 0.05) is 25.7 Å². The number of rotatable bonds is 72. The number of aliphatic hydroxyl groups is 1. The number of phosphoric ester groups is 2. The molecular weight excluding hydrogens is 1310 g/mol. The van der Waals surface area contributed by atoms with E-state index in [1.807, 2.05) is 0 Å². The van der Waals surface area contributed by atoms with Crippen molar-refractivity contribution in [1.82, 2.24) is 0 Å². The normalized spacial score (nSPS) is 14.6. The molecule has 0 amide bonds. The second kappa shape index (κ2) is 72.8. The zero-order chi connectivity index (χ0) is 73.2. The van der Waals surface area contributed by atoms with Gasteiger partial charge in [0.05, 0.1) is 26.4 Å². The predicted molar refractivity (Wildman–Crippen MR) is 408 cm³/mol. The van der Waals surface area contributed by atoms with Crippen LogP contribution in [-0.4, -0.2) is 96.7 Å². The molecule has 0 rings (SSSR count). The van der Waals surface area contributed by atoms with Crippen molar-refractivity contribution in [2.24, 2.45) is 0 Å². The first-order chi connectivity index (χ1) is 48.7. The van der Waals surface area contributed by atoms with Gasteiger partial charge in [-0.25, -0.2) is 9.13 Å². The number of esters is 4. The molecule has 0 saturated carbocycles. The second-order valence-corrected chi connectivity index (χ2v) is 28.4. The fourth-order valence-corrected chi connectivity index (χ4v) is 11.6. The minimum Gasteiger partial charge on any atom is -0.462 e. The van der Waals surface area contributed by atoms with E-state index in [1.54, 1.807) is 0 Å². The van der Waals surface area contributed by atoms with Gasteiger partial charge in [0.2, 0.25) is 0 Å². The Morgan fingerprint density at radius 3 is 0.840 bits per heavy atom. The third kappa shape index (κ3) is 71.8. The smallest absolute Gasteiger partial charge is 0.462 e. The van der Waals surface area contributed by atoms with E-state index in [0.717, 1.165) is 193 Å². The van der Waals surface area contributed by atoms with Crippen LogP contribution in [0.4, 0.5) is 0 Å². The summed E-state index contributed by atoms with van der Waals surface area (Å²) in [6.07, 6.45) is 79.0. The standard InChI is InChI=1S/C81H138O17P2/c1-5-9-13-17-21-25-29-32-34-36-37-39-40-43-47-50-54-58-62-66-79(84)92-72-77(98-81(86)68-64-60-56-52-48-44-41-38-35-33-30-26-22-18-14-10-6-2)74-96-100(89,90)94-70-75(82)69-93-99(87,88)95-73-76(97-80(85)67-63-59-55-51-45-28-24-20-16-12-8-4)71-91-78(83)65-61-57-53-49-46-42-31-27-23-19-15-11-7-3/h9-10,13-15,19,21-22,25-27,31-35,37,39,41,44,75-77,82H,5-8,11-12,16-18,20,23-24,28-30,36,38,40,42-43,45-74H2,1-4H3,(H,87,88)(H,89,90)/b13-9-,14-10-,19-15-,25-21-,26-22-,31-27-,34-32-,35-33-,39-37-,44-41-. The predicted octanol–water partition coefficient (Wildman–Crippen LogP) is 22.3. The highest BCUT2D eigenvalue weighted by molar-refractivity contribution is 7.47. The molecule has 0 aliphatic rings. The lowest BCUT2D eigenvalue weighted by molar-refractivity contribution is -0.161. The van der Waals surface area contributed by atoms with E-state index in [9.17, 15) is 43.2 Å². The molecule has 5 unspecified atom stereocenters. The number of carbonyl (C=O) groups excluding carboxylic acids is 4. The van der Waals surface area contributed by atoms with E-state index in [0.29, 0.717) is 25.7 Å². The average Bonchev–Trinajstić information content (AvgIpc) is 0.930. The summed E-state index contributed by atoms with van der Waals surface area (Å²) in [5.74, 6) is -2.23. The van der Waals surface area contributed by atoms with Gasteiger partial charge in [-0.15, -0.1) is 0 Å². The summed E-state index contributed by atoms with van der Waals surface area (Å²) in [5.41, 5.74) is 0. The van der Waals surface area contributed by atoms with Crippen molar-refractivity contribution in [2.45, 2.75) is 329 Å². The molecule has 0 aliphatic carbocycles. The lowest BCUT2D eigenvalue weighted by atomic mass is 10.1. The lowest BCUT2D eigenvalue weighted by Crippen LogP contribution is -2.30. The molecule has 0 aromatic rings. The molecular formula is C81H138O17P2. The van der Waals surface area contributed by atoms with Gasteiger partial charge in [-0.05, 0) is 128 Å². The quantitative estimate of drug-likeness (QED) is 0.0169. The van der Waals surface area contributed by atoms with Crippen LogP contribution in [0.2, 0.25) is 0 Å². The average molecular weight is 1450 g/mol. The van der Waals surface area contributed by atoms with Gasteiger partial charge in [-0.2, -0.15) is 0 Å². The van der Waals surface area contributed by atoms with Crippen LogP contribution >= 0.6 is 15.6 Å². The van der Waals surface area contributed by atoms with Crippen LogP contribution in [0.25, 0.3) is 0 Å². The maximum absolute atomic E-state index is 13.1. The van der Waals surface area contributed by atoms with Gasteiger partial charge in [-0.3, -0.25) is 37.3 Å². The molecule has 0 saturated heterocycles. The van der Waals surface area contributed by atoms with Crippen molar-refractivity contribution in [3.8, 4) is 0 Å². The van der Waals surface area contributed by atoms with Crippen molar-refractivity contribution < 1.29 is 80.2 Å². The zero-order valence-electron chi connectivity index (χ0n) is 62.6. The molecule has 19 heteroatoms. The highest BCUT2D eigenvalue weighted by Crippen LogP contribution is 2.45. The highest BCUT2D eigenvalue weighted by atomic mass is 31.2. The van der Waals surface area contributed by atoms with Gasteiger partial charge in [0.1, 0.15) is 19.3 Å². The van der Waals surface area contributed by atoms with Crippen molar-refractivity contribution in [1.29, 1.82) is 0 Å². The number of hydrogen-bond donors (Lipinski definition) is 3. The fraction of sp³-hybridized carbons (Fsp3) is 0.704. The molecule has 0 aliphatic heterocycles. The number of carbonyl (C=O) groups is 4. The van der Waals surface area contributed by atoms with Crippen LogP contribution in [0.5, 0.6) is 0 Å². The molecule has 0 heterocycles. The molecule has 0 spiro atoms. The van der Waals surface area contributed by atoms with Gasteiger partial charge in [0.15, 0.2) is 12.2 Å². The summed E-state index contributed by atoms with van der Waals surface area (Å²) in [5, 5.41) is 10.6. The number of phosphoric acid groups is 2. The lowest BCUT2D eigenvalue weighted by Gasteiger charge is -2.21.